The van der Waals surface area contributed by atoms with Crippen molar-refractivity contribution in [3.05, 3.63) is 66.2 Å². The first-order chi connectivity index (χ1) is 16.7. The molecule has 0 amide bonds. The summed E-state index contributed by atoms with van der Waals surface area (Å²) in [5.41, 5.74) is 0.243. The Balaban J connectivity index is 0.000000840. The Morgan fingerprint density at radius 3 is 1.92 bits per heavy atom. The van der Waals surface area contributed by atoms with Crippen LogP contribution in [0.5, 0.6) is 5.75 Å². The van der Waals surface area contributed by atoms with Crippen molar-refractivity contribution >= 4 is 63.8 Å². The van der Waals surface area contributed by atoms with Crippen LogP contribution in [0.15, 0.2) is 80.7 Å². The molecule has 4 aromatic carbocycles. The van der Waals surface area contributed by atoms with Gasteiger partial charge in [-0.25, -0.2) is 0 Å². The lowest BCUT2D eigenvalue weighted by Crippen LogP contribution is -1.99. The van der Waals surface area contributed by atoms with E-state index in [1.165, 1.54) is 36.4 Å². The summed E-state index contributed by atoms with van der Waals surface area (Å²) < 4.78 is 91.3. The third kappa shape index (κ3) is 5.89. The molecule has 0 saturated carbocycles. The van der Waals surface area contributed by atoms with Gasteiger partial charge in [-0.2, -0.15) is 16.8 Å². The Bertz CT molecular complexity index is 1860. The van der Waals surface area contributed by atoms with Gasteiger partial charge in [0, 0.05) is 10.8 Å². The van der Waals surface area contributed by atoms with Crippen molar-refractivity contribution in [2.75, 3.05) is 0 Å². The van der Waals surface area contributed by atoms with Crippen molar-refractivity contribution in [3.63, 3.8) is 0 Å². The molecule has 4 rings (SSSR count). The summed E-state index contributed by atoms with van der Waals surface area (Å²) in [6, 6.07) is 14.8. The van der Waals surface area contributed by atoms with Crippen LogP contribution in [-0.4, -0.2) is 43.7 Å². The predicted octanol–water partition coefficient (Wildman–Crippen LogP) is 3.91. The van der Waals surface area contributed by atoms with Gasteiger partial charge in [-0.3, -0.25) is 9.11 Å². The molecule has 0 aliphatic rings. The molecule has 4 aromatic rings. The first kappa shape index (κ1) is 26.8. The Morgan fingerprint density at radius 1 is 0.750 bits per heavy atom. The maximum absolute atomic E-state index is 12.0. The molecule has 0 radical (unpaired) electrons. The summed E-state index contributed by atoms with van der Waals surface area (Å²) >= 11 is 0. The SMILES string of the molecule is Cc1cc(S(=O)(=O)O)cc2ccc(N=Nc3ccc4ccccc4c3S(=O)(=O)O)c(O)c12.O=S(=O)=O. The molecule has 3 N–H and O–H groups in total. The van der Waals surface area contributed by atoms with Crippen LogP contribution in [-0.2, 0) is 30.8 Å². The Kier molecular flexibility index (Phi) is 7.51. The summed E-state index contributed by atoms with van der Waals surface area (Å²) in [4.78, 5) is -0.723. The smallest absolute Gasteiger partial charge is 0.425 e. The van der Waals surface area contributed by atoms with Crippen LogP contribution in [0.25, 0.3) is 21.5 Å². The lowest BCUT2D eigenvalue weighted by Gasteiger charge is -2.09. The van der Waals surface area contributed by atoms with Crippen molar-refractivity contribution in [1.82, 2.24) is 0 Å². The number of phenols is 1. The summed E-state index contributed by atoms with van der Waals surface area (Å²) in [5, 5.41) is 20.0. The summed E-state index contributed by atoms with van der Waals surface area (Å²) in [6.45, 7) is 1.55. The van der Waals surface area contributed by atoms with E-state index in [9.17, 15) is 31.0 Å². The van der Waals surface area contributed by atoms with E-state index in [0.717, 1.165) is 0 Å². The van der Waals surface area contributed by atoms with Crippen molar-refractivity contribution in [1.29, 1.82) is 0 Å². The second kappa shape index (κ2) is 10.1. The van der Waals surface area contributed by atoms with Gasteiger partial charge in [-0.1, -0.05) is 36.4 Å². The lowest BCUT2D eigenvalue weighted by molar-refractivity contribution is 0.480. The van der Waals surface area contributed by atoms with Gasteiger partial charge in [0.05, 0.1) is 4.90 Å². The molecule has 0 heterocycles. The largest absolute Gasteiger partial charge is 0.505 e. The molecule has 0 aromatic heterocycles. The van der Waals surface area contributed by atoms with Crippen LogP contribution in [0, 0.1) is 6.92 Å². The number of aromatic hydroxyl groups is 1. The molecular formula is C21H16N2O10S3. The van der Waals surface area contributed by atoms with Gasteiger partial charge in [0.25, 0.3) is 20.2 Å². The van der Waals surface area contributed by atoms with Crippen molar-refractivity contribution < 1.29 is 43.7 Å². The Labute approximate surface area is 206 Å². The van der Waals surface area contributed by atoms with E-state index in [4.69, 9.17) is 12.6 Å². The second-order valence-corrected chi connectivity index (χ2v) is 10.4. The minimum Gasteiger partial charge on any atom is -0.505 e. The van der Waals surface area contributed by atoms with E-state index in [2.05, 4.69) is 10.2 Å². The predicted molar refractivity (Wildman–Crippen MR) is 128 cm³/mol. The molecule has 0 fully saturated rings. The van der Waals surface area contributed by atoms with Crippen LogP contribution in [0.1, 0.15) is 5.56 Å². The zero-order valence-electron chi connectivity index (χ0n) is 18.1. The average Bonchev–Trinajstić information content (AvgIpc) is 2.76. The normalized spacial score (nSPS) is 12.0. The van der Waals surface area contributed by atoms with Crippen LogP contribution >= 0.6 is 0 Å². The van der Waals surface area contributed by atoms with Crippen LogP contribution < -0.4 is 0 Å². The minimum absolute atomic E-state index is 0.00495. The highest BCUT2D eigenvalue weighted by atomic mass is 32.2. The maximum Gasteiger partial charge on any atom is 0.425 e. The van der Waals surface area contributed by atoms with E-state index in [1.54, 1.807) is 31.2 Å². The average molecular weight is 553 g/mol. The van der Waals surface area contributed by atoms with Crippen molar-refractivity contribution in [3.8, 4) is 5.75 Å². The fraction of sp³-hybridized carbons (Fsp3) is 0.0476. The number of azo groups is 1. The molecule has 15 heteroatoms. The van der Waals surface area contributed by atoms with E-state index in [-0.39, 0.29) is 27.4 Å². The number of hydrogen-bond acceptors (Lipinski definition) is 10. The lowest BCUT2D eigenvalue weighted by atomic mass is 10.0. The van der Waals surface area contributed by atoms with E-state index >= 15 is 0 Å². The number of nitrogens with zero attached hydrogens (tertiary/aromatic N) is 2. The monoisotopic (exact) mass is 552 g/mol. The number of hydrogen-bond donors (Lipinski definition) is 3. The Morgan fingerprint density at radius 2 is 1.31 bits per heavy atom. The molecular weight excluding hydrogens is 536 g/mol. The van der Waals surface area contributed by atoms with Gasteiger partial charge in [0.2, 0.25) is 0 Å². The number of fused-ring (bicyclic) bond motifs is 2. The van der Waals surface area contributed by atoms with Crippen LogP contribution in [0.4, 0.5) is 11.4 Å². The number of benzene rings is 4. The topological polar surface area (TPSA) is 205 Å². The first-order valence-corrected chi connectivity index (χ1v) is 13.5. The van der Waals surface area contributed by atoms with E-state index < -0.39 is 35.7 Å². The Hall–Kier alpha value is -3.76. The first-order valence-electron chi connectivity index (χ1n) is 9.61. The summed E-state index contributed by atoms with van der Waals surface area (Å²) in [5.74, 6) is -0.306. The molecule has 0 aliphatic heterocycles. The van der Waals surface area contributed by atoms with E-state index in [0.29, 0.717) is 21.7 Å². The zero-order valence-corrected chi connectivity index (χ0v) is 20.5. The highest BCUT2D eigenvalue weighted by Crippen LogP contribution is 2.39. The molecule has 0 unspecified atom stereocenters. The van der Waals surface area contributed by atoms with Gasteiger partial charge in [-0.15, -0.1) is 22.9 Å². The minimum atomic E-state index is -4.63. The number of phenolic OH excluding ortho intramolecular Hbond substituents is 1. The maximum atomic E-state index is 12.0. The van der Waals surface area contributed by atoms with Gasteiger partial charge >= 0.3 is 10.6 Å². The molecule has 0 spiro atoms. The second-order valence-electron chi connectivity index (χ2n) is 7.26. The zero-order chi connectivity index (χ0) is 26.8. The highest BCUT2D eigenvalue weighted by molar-refractivity contribution is 7.86. The van der Waals surface area contributed by atoms with E-state index in [1.807, 2.05) is 0 Å². The molecule has 36 heavy (non-hydrogen) atoms. The quantitative estimate of drug-likeness (QED) is 0.246. The number of rotatable bonds is 4. The van der Waals surface area contributed by atoms with Crippen molar-refractivity contribution in [2.45, 2.75) is 16.7 Å². The van der Waals surface area contributed by atoms with Gasteiger partial charge in [0.15, 0.2) is 5.75 Å². The van der Waals surface area contributed by atoms with Gasteiger partial charge in [-0.05, 0) is 47.5 Å². The standard InChI is InChI=1S/C21H16N2O7S2.O3S/c1-12-10-15(31(25,26)27)11-14-7-8-17(20(24)19(12)14)22-23-18-9-6-13-4-2-3-5-16(13)21(18)32(28,29)30;1-4(2)3/h2-11,24H,1H3,(H,25,26,27)(H,28,29,30);. The molecule has 0 aliphatic carbocycles. The fourth-order valence-electron chi connectivity index (χ4n) is 3.53. The van der Waals surface area contributed by atoms with Gasteiger partial charge in [0.1, 0.15) is 16.3 Å². The molecule has 0 bridgehead atoms. The molecule has 0 saturated heterocycles. The third-order valence-electron chi connectivity index (χ3n) is 4.92. The highest BCUT2D eigenvalue weighted by Gasteiger charge is 2.20. The molecule has 0 atom stereocenters. The number of aryl methyl sites for hydroxylation is 1. The van der Waals surface area contributed by atoms with Crippen LogP contribution in [0.2, 0.25) is 0 Å². The van der Waals surface area contributed by atoms with Crippen molar-refractivity contribution in [2.24, 2.45) is 10.2 Å². The van der Waals surface area contributed by atoms with Gasteiger partial charge < -0.3 is 5.11 Å². The summed E-state index contributed by atoms with van der Waals surface area (Å²) in [7, 11) is -12.2. The summed E-state index contributed by atoms with van der Waals surface area (Å²) in [6.07, 6.45) is 0. The van der Waals surface area contributed by atoms with Crippen LogP contribution in [0.3, 0.4) is 0 Å². The molecule has 188 valence electrons. The third-order valence-corrected chi connectivity index (χ3v) is 6.70. The molecule has 12 nitrogen and oxygen atoms in total. The fourth-order valence-corrected chi connectivity index (χ4v) is 4.97.